The Morgan fingerprint density at radius 1 is 1.36 bits per heavy atom. The molecule has 0 saturated heterocycles. The number of nitrogens with zero attached hydrogens (tertiary/aromatic N) is 2. The average molecular weight is 363 g/mol. The molecule has 2 aromatic heterocycles. The van der Waals surface area contributed by atoms with Gasteiger partial charge in [0.1, 0.15) is 9.23 Å². The number of hydrogen-bond donors (Lipinski definition) is 2. The molecule has 0 aliphatic heterocycles. The number of anilines is 1. The van der Waals surface area contributed by atoms with Gasteiger partial charge in [0.2, 0.25) is 10.0 Å². The fourth-order valence-corrected chi connectivity index (χ4v) is 4.24. The van der Waals surface area contributed by atoms with Crippen molar-refractivity contribution in [2.24, 2.45) is 7.05 Å². The summed E-state index contributed by atoms with van der Waals surface area (Å²) in [6, 6.07) is 3.32. The van der Waals surface area contributed by atoms with Crippen LogP contribution in [0.25, 0.3) is 0 Å². The van der Waals surface area contributed by atoms with Crippen molar-refractivity contribution < 1.29 is 8.42 Å². The molecule has 2 aromatic rings. The third-order valence-corrected chi connectivity index (χ3v) is 6.11. The minimum absolute atomic E-state index is 0.0224. The summed E-state index contributed by atoms with van der Waals surface area (Å²) >= 11 is 7.10. The number of sulfonamides is 1. The minimum Gasteiger partial charge on any atom is -0.381 e. The lowest BCUT2D eigenvalue weighted by molar-refractivity contribution is 0.585. The standard InChI is InChI=1S/C12H15ClN4O3S2/c1-8-3-4-10(21-8)22(19,20)16-6-5-14-9-7-15-17(2)12(18)11(9)13/h3-4,7,14,16H,5-6H2,1-2H3. The van der Waals surface area contributed by atoms with Gasteiger partial charge in [-0.2, -0.15) is 5.10 Å². The Hall–Kier alpha value is -1.42. The summed E-state index contributed by atoms with van der Waals surface area (Å²) in [6.07, 6.45) is 1.42. The third kappa shape index (κ3) is 3.86. The Morgan fingerprint density at radius 3 is 2.73 bits per heavy atom. The van der Waals surface area contributed by atoms with Gasteiger partial charge in [-0.3, -0.25) is 4.79 Å². The summed E-state index contributed by atoms with van der Waals surface area (Å²) < 4.78 is 27.9. The van der Waals surface area contributed by atoms with Crippen LogP contribution >= 0.6 is 22.9 Å². The second kappa shape index (κ2) is 6.78. The molecule has 0 atom stereocenters. The van der Waals surface area contributed by atoms with Crippen LogP contribution in [-0.2, 0) is 17.1 Å². The molecule has 2 N–H and O–H groups in total. The first-order valence-electron chi connectivity index (χ1n) is 6.33. The maximum Gasteiger partial charge on any atom is 0.287 e. The molecule has 2 heterocycles. The van der Waals surface area contributed by atoms with Crippen LogP contribution in [0.15, 0.2) is 27.3 Å². The van der Waals surface area contributed by atoms with Crippen molar-refractivity contribution in [2.75, 3.05) is 18.4 Å². The number of halogens is 1. The molecule has 10 heteroatoms. The molecular formula is C12H15ClN4O3S2. The van der Waals surface area contributed by atoms with Gasteiger partial charge in [-0.05, 0) is 19.1 Å². The Labute approximate surface area is 137 Å². The highest BCUT2D eigenvalue weighted by Crippen LogP contribution is 2.20. The Kier molecular flexibility index (Phi) is 5.22. The average Bonchev–Trinajstić information content (AvgIpc) is 2.90. The van der Waals surface area contributed by atoms with Gasteiger partial charge < -0.3 is 5.32 Å². The third-order valence-electron chi connectivity index (χ3n) is 2.79. The van der Waals surface area contributed by atoms with Gasteiger partial charge >= 0.3 is 0 Å². The number of thiophene rings is 1. The van der Waals surface area contributed by atoms with Crippen molar-refractivity contribution >= 4 is 38.6 Å². The molecule has 0 saturated carbocycles. The molecule has 0 unspecified atom stereocenters. The highest BCUT2D eigenvalue weighted by atomic mass is 35.5. The quantitative estimate of drug-likeness (QED) is 0.753. The highest BCUT2D eigenvalue weighted by molar-refractivity contribution is 7.91. The zero-order valence-corrected chi connectivity index (χ0v) is 14.3. The molecule has 22 heavy (non-hydrogen) atoms. The molecule has 7 nitrogen and oxygen atoms in total. The first kappa shape index (κ1) is 16.9. The summed E-state index contributed by atoms with van der Waals surface area (Å²) in [5.74, 6) is 0. The zero-order valence-electron chi connectivity index (χ0n) is 12.0. The van der Waals surface area contributed by atoms with Gasteiger partial charge in [0, 0.05) is 25.0 Å². The van der Waals surface area contributed by atoms with Gasteiger partial charge in [-0.15, -0.1) is 11.3 Å². The van der Waals surface area contributed by atoms with E-state index < -0.39 is 15.6 Å². The fraction of sp³-hybridized carbons (Fsp3) is 0.333. The molecule has 0 spiro atoms. The smallest absolute Gasteiger partial charge is 0.287 e. The van der Waals surface area contributed by atoms with E-state index in [2.05, 4.69) is 15.1 Å². The monoisotopic (exact) mass is 362 g/mol. The van der Waals surface area contributed by atoms with Gasteiger partial charge in [-0.25, -0.2) is 17.8 Å². The lowest BCUT2D eigenvalue weighted by Gasteiger charge is -2.09. The van der Waals surface area contributed by atoms with Gasteiger partial charge in [0.25, 0.3) is 5.56 Å². The van der Waals surface area contributed by atoms with E-state index in [0.717, 1.165) is 9.56 Å². The predicted molar refractivity (Wildman–Crippen MR) is 87.2 cm³/mol. The second-order valence-corrected chi connectivity index (χ2v) is 8.15. The van der Waals surface area contributed by atoms with Crippen molar-refractivity contribution in [3.05, 3.63) is 38.6 Å². The lowest BCUT2D eigenvalue weighted by atomic mass is 10.4. The summed E-state index contributed by atoms with van der Waals surface area (Å²) in [7, 11) is -2.01. The SMILES string of the molecule is Cc1ccc(S(=O)(=O)NCCNc2cnn(C)c(=O)c2Cl)s1. The molecule has 120 valence electrons. The fourth-order valence-electron chi connectivity index (χ4n) is 1.64. The second-order valence-electron chi connectivity index (χ2n) is 4.49. The largest absolute Gasteiger partial charge is 0.381 e. The number of aromatic nitrogens is 2. The van der Waals surface area contributed by atoms with Crippen LogP contribution < -0.4 is 15.6 Å². The summed E-state index contributed by atoms with van der Waals surface area (Å²) in [4.78, 5) is 12.5. The molecule has 2 rings (SSSR count). The van der Waals surface area contributed by atoms with E-state index in [0.29, 0.717) is 5.69 Å². The van der Waals surface area contributed by atoms with Gasteiger partial charge in [0.05, 0.1) is 11.9 Å². The maximum absolute atomic E-state index is 12.0. The van der Waals surface area contributed by atoms with Crippen molar-refractivity contribution in [2.45, 2.75) is 11.1 Å². The van der Waals surface area contributed by atoms with Crippen molar-refractivity contribution in [1.29, 1.82) is 0 Å². The van der Waals surface area contributed by atoms with E-state index in [1.807, 2.05) is 6.92 Å². The molecule has 0 bridgehead atoms. The lowest BCUT2D eigenvalue weighted by Crippen LogP contribution is -2.29. The molecule has 0 fully saturated rings. The van der Waals surface area contributed by atoms with E-state index in [4.69, 9.17) is 11.6 Å². The first-order valence-corrected chi connectivity index (χ1v) is 9.01. The van der Waals surface area contributed by atoms with E-state index >= 15 is 0 Å². The molecular weight excluding hydrogens is 348 g/mol. The van der Waals surface area contributed by atoms with Crippen LogP contribution in [0, 0.1) is 6.92 Å². The van der Waals surface area contributed by atoms with Crippen LogP contribution in [0.4, 0.5) is 5.69 Å². The van der Waals surface area contributed by atoms with E-state index in [1.165, 1.54) is 24.6 Å². The van der Waals surface area contributed by atoms with E-state index in [9.17, 15) is 13.2 Å². The Bertz CT molecular complexity index is 829. The number of hydrogen-bond acceptors (Lipinski definition) is 6. The van der Waals surface area contributed by atoms with Crippen LogP contribution in [0.3, 0.4) is 0 Å². The molecule has 0 radical (unpaired) electrons. The molecule has 0 aliphatic carbocycles. The number of rotatable bonds is 6. The summed E-state index contributed by atoms with van der Waals surface area (Å²) in [6.45, 7) is 2.28. The van der Waals surface area contributed by atoms with Crippen molar-refractivity contribution in [1.82, 2.24) is 14.5 Å². The van der Waals surface area contributed by atoms with Crippen LogP contribution in [0.5, 0.6) is 0 Å². The van der Waals surface area contributed by atoms with Gasteiger partial charge in [-0.1, -0.05) is 11.6 Å². The zero-order chi connectivity index (χ0) is 16.3. The highest BCUT2D eigenvalue weighted by Gasteiger charge is 2.15. The first-order chi connectivity index (χ1) is 10.3. The van der Waals surface area contributed by atoms with Crippen LogP contribution in [-0.4, -0.2) is 31.3 Å². The minimum atomic E-state index is -3.50. The predicted octanol–water partition coefficient (Wildman–Crippen LogP) is 1.19. The summed E-state index contributed by atoms with van der Waals surface area (Å²) in [5.41, 5.74) is -0.0442. The number of nitrogens with one attached hydrogen (secondary N) is 2. The normalized spacial score (nSPS) is 11.6. The molecule has 0 amide bonds. The Morgan fingerprint density at radius 2 is 2.09 bits per heavy atom. The van der Waals surface area contributed by atoms with E-state index in [1.54, 1.807) is 12.1 Å². The van der Waals surface area contributed by atoms with Crippen molar-refractivity contribution in [3.63, 3.8) is 0 Å². The van der Waals surface area contributed by atoms with Crippen LogP contribution in [0.2, 0.25) is 5.02 Å². The maximum atomic E-state index is 12.0. The number of aryl methyl sites for hydroxylation is 2. The van der Waals surface area contributed by atoms with Crippen molar-refractivity contribution in [3.8, 4) is 0 Å². The summed E-state index contributed by atoms with van der Waals surface area (Å²) in [5, 5.41) is 6.74. The molecule has 0 aromatic carbocycles. The topological polar surface area (TPSA) is 93.1 Å². The van der Waals surface area contributed by atoms with Crippen LogP contribution in [0.1, 0.15) is 4.88 Å². The van der Waals surface area contributed by atoms with Gasteiger partial charge in [0.15, 0.2) is 0 Å². The Balaban J connectivity index is 1.93. The molecule has 0 aliphatic rings. The van der Waals surface area contributed by atoms with E-state index in [-0.39, 0.29) is 22.3 Å².